The number of hydrogen-bond donors (Lipinski definition) is 4. The largest absolute Gasteiger partial charge is 0.497 e. The number of hydrogen-bond acceptors (Lipinski definition) is 13. The Morgan fingerprint density at radius 3 is 1.16 bits per heavy atom. The van der Waals surface area contributed by atoms with E-state index in [1.54, 1.807) is 25.5 Å². The normalized spacial score (nSPS) is 10.6. The third-order valence-corrected chi connectivity index (χ3v) is 5.24. The highest BCUT2D eigenvalue weighted by Crippen LogP contribution is 2.27. The fourth-order valence-electron chi connectivity index (χ4n) is 3.21. The number of rotatable bonds is 8. The molecule has 0 heterocycles. The fraction of sp³-hybridized carbons (Fsp3) is 0.194. The molecule has 0 spiro atoms. The lowest BCUT2D eigenvalue weighted by Gasteiger charge is -2.08. The molecular formula is C31H38O15S4. The summed E-state index contributed by atoms with van der Waals surface area (Å²) in [6.45, 7) is 2.00. The van der Waals surface area contributed by atoms with Crippen LogP contribution in [-0.4, -0.2) is 82.1 Å². The standard InChI is InChI=1S/C27H22O3.4CH4O3S/c1-19-3-5-22(6-4-19)27(28)23-11-17-26(18-12-23)30-25-15-9-21(10-16-25)20-7-13-24(29-2)14-8-20;3*1-5(2,3)4;1-5-4-3-2/h3-18H,1-2H3;3*1H3,(H,2,3,4);2H,1H3. The van der Waals surface area contributed by atoms with Crippen molar-refractivity contribution < 1.29 is 67.8 Å². The van der Waals surface area contributed by atoms with Crippen LogP contribution in [-0.2, 0) is 39.7 Å². The zero-order valence-electron chi connectivity index (χ0n) is 27.7. The second-order valence-corrected chi connectivity index (χ2v) is 14.5. The van der Waals surface area contributed by atoms with E-state index >= 15 is 0 Å². The van der Waals surface area contributed by atoms with Crippen LogP contribution in [0.15, 0.2) is 97.1 Å². The van der Waals surface area contributed by atoms with Gasteiger partial charge in [0.15, 0.2) is 5.78 Å². The van der Waals surface area contributed by atoms with Crippen LogP contribution in [0.5, 0.6) is 17.2 Å². The zero-order valence-corrected chi connectivity index (χ0v) is 30.9. The molecule has 4 aromatic carbocycles. The maximum absolute atomic E-state index is 12.6. The molecule has 0 aromatic heterocycles. The molecule has 0 aliphatic heterocycles. The number of aryl methyl sites for hydroxylation is 1. The van der Waals surface area contributed by atoms with Crippen LogP contribution in [0.3, 0.4) is 0 Å². The minimum atomic E-state index is -3.67. The zero-order chi connectivity index (χ0) is 38.5. The lowest BCUT2D eigenvalue weighted by Crippen LogP contribution is -2.00. The summed E-state index contributed by atoms with van der Waals surface area (Å²) in [6, 6.07) is 30.7. The third-order valence-electron chi connectivity index (χ3n) is 5.04. The van der Waals surface area contributed by atoms with Gasteiger partial charge in [-0.1, -0.05) is 59.1 Å². The van der Waals surface area contributed by atoms with Crippen molar-refractivity contribution in [3.63, 3.8) is 0 Å². The summed E-state index contributed by atoms with van der Waals surface area (Å²) in [5, 5.41) is 10.5. The molecule has 0 bridgehead atoms. The van der Waals surface area contributed by atoms with Crippen molar-refractivity contribution in [3.05, 3.63) is 114 Å². The van der Waals surface area contributed by atoms with Gasteiger partial charge in [-0.2, -0.15) is 25.3 Å². The van der Waals surface area contributed by atoms with Gasteiger partial charge in [0.05, 0.1) is 25.9 Å². The van der Waals surface area contributed by atoms with Crippen LogP contribution in [0.4, 0.5) is 0 Å². The van der Waals surface area contributed by atoms with E-state index in [0.717, 1.165) is 40.2 Å². The summed E-state index contributed by atoms with van der Waals surface area (Å²) >= 11 is 0.929. The Hall–Kier alpha value is -3.89. The molecule has 4 aromatic rings. The van der Waals surface area contributed by atoms with Crippen molar-refractivity contribution in [2.24, 2.45) is 0 Å². The molecule has 0 radical (unpaired) electrons. The number of ketones is 1. The second-order valence-electron chi connectivity index (χ2n) is 9.58. The summed E-state index contributed by atoms with van der Waals surface area (Å²) in [6.07, 6.45) is 3.77. The number of methoxy groups -OCH3 is 1. The van der Waals surface area contributed by atoms with Crippen LogP contribution >= 0.6 is 12.0 Å². The summed E-state index contributed by atoms with van der Waals surface area (Å²) in [7, 11) is -9.34. The van der Waals surface area contributed by atoms with Crippen molar-refractivity contribution >= 4 is 48.2 Å². The van der Waals surface area contributed by atoms with Crippen molar-refractivity contribution in [2.45, 2.75) is 6.92 Å². The Labute approximate surface area is 296 Å². The molecule has 0 amide bonds. The Morgan fingerprint density at radius 2 is 0.880 bits per heavy atom. The van der Waals surface area contributed by atoms with Crippen molar-refractivity contribution in [3.8, 4) is 28.4 Å². The van der Waals surface area contributed by atoms with Crippen LogP contribution < -0.4 is 9.47 Å². The summed E-state index contributed by atoms with van der Waals surface area (Å²) in [5.74, 6) is 2.27. The van der Waals surface area contributed by atoms with E-state index in [1.165, 1.54) is 0 Å². The summed E-state index contributed by atoms with van der Waals surface area (Å²) in [4.78, 5) is 12.6. The van der Waals surface area contributed by atoms with Gasteiger partial charge in [-0.3, -0.25) is 18.5 Å². The maximum atomic E-state index is 12.6. The molecule has 0 aliphatic carbocycles. The Kier molecular flexibility index (Phi) is 21.0. The van der Waals surface area contributed by atoms with E-state index in [4.69, 9.17) is 28.4 Å². The number of ether oxygens (including phenoxy) is 2. The van der Waals surface area contributed by atoms with Gasteiger partial charge in [0.25, 0.3) is 30.4 Å². The SMILES string of the molecule is COc1ccc(-c2ccc(Oc3ccc(C(=O)c4ccc(C)cc4)cc3)cc2)cc1.CS(=O)(=O)O.CS(=O)(=O)O.CS(=O)(=O)O.CSOOO. The highest BCUT2D eigenvalue weighted by molar-refractivity contribution is 7.93. The second kappa shape index (κ2) is 22.8. The maximum Gasteiger partial charge on any atom is 0.261 e. The first-order valence-corrected chi connectivity index (χ1v) is 20.2. The monoisotopic (exact) mass is 778 g/mol. The van der Waals surface area contributed by atoms with Gasteiger partial charge in [-0.25, -0.2) is 5.26 Å². The van der Waals surface area contributed by atoms with Gasteiger partial charge in [-0.15, -0.1) is 4.33 Å². The summed E-state index contributed by atoms with van der Waals surface area (Å²) in [5.41, 5.74) is 4.67. The molecular weight excluding hydrogens is 741 g/mol. The predicted molar refractivity (Wildman–Crippen MR) is 190 cm³/mol. The molecule has 0 aliphatic rings. The third kappa shape index (κ3) is 26.0. The lowest BCUT2D eigenvalue weighted by atomic mass is 10.0. The lowest BCUT2D eigenvalue weighted by molar-refractivity contribution is -0.432. The topological polar surface area (TPSA) is 237 Å². The Bertz CT molecular complexity index is 1800. The molecule has 0 saturated carbocycles. The van der Waals surface area contributed by atoms with E-state index in [0.29, 0.717) is 35.6 Å². The number of carbonyl (C=O) groups is 1. The smallest absolute Gasteiger partial charge is 0.261 e. The Balaban J connectivity index is 0.000000983. The van der Waals surface area contributed by atoms with Crippen molar-refractivity contribution in [2.75, 3.05) is 32.1 Å². The van der Waals surface area contributed by atoms with E-state index < -0.39 is 30.4 Å². The number of carbonyl (C=O) groups excluding carboxylic acids is 1. The van der Waals surface area contributed by atoms with Crippen LogP contribution in [0.1, 0.15) is 21.5 Å². The molecule has 19 heteroatoms. The van der Waals surface area contributed by atoms with Crippen LogP contribution in [0.2, 0.25) is 0 Å². The van der Waals surface area contributed by atoms with Gasteiger partial charge in [-0.05, 0) is 66.6 Å². The van der Waals surface area contributed by atoms with Gasteiger partial charge in [0.2, 0.25) is 0 Å². The average molecular weight is 779 g/mol. The van der Waals surface area contributed by atoms with Gasteiger partial charge < -0.3 is 9.47 Å². The van der Waals surface area contributed by atoms with Gasteiger partial charge in [0.1, 0.15) is 17.2 Å². The quantitative estimate of drug-likeness (QED) is 0.0536. The van der Waals surface area contributed by atoms with E-state index in [2.05, 4.69) is 9.37 Å². The first-order valence-electron chi connectivity index (χ1n) is 13.5. The Morgan fingerprint density at radius 1 is 0.580 bits per heavy atom. The molecule has 0 atom stereocenters. The van der Waals surface area contributed by atoms with E-state index in [-0.39, 0.29) is 5.78 Å². The first-order chi connectivity index (χ1) is 23.0. The predicted octanol–water partition coefficient (Wildman–Crippen LogP) is 5.89. The highest BCUT2D eigenvalue weighted by atomic mass is 32.2. The molecule has 15 nitrogen and oxygen atoms in total. The van der Waals surface area contributed by atoms with Crippen molar-refractivity contribution in [1.82, 2.24) is 0 Å². The van der Waals surface area contributed by atoms with Crippen LogP contribution in [0.25, 0.3) is 11.1 Å². The molecule has 4 rings (SSSR count). The van der Waals surface area contributed by atoms with E-state index in [1.807, 2.05) is 91.9 Å². The highest BCUT2D eigenvalue weighted by Gasteiger charge is 2.09. The molecule has 0 unspecified atom stereocenters. The molecule has 276 valence electrons. The molecule has 50 heavy (non-hydrogen) atoms. The molecule has 0 saturated heterocycles. The minimum Gasteiger partial charge on any atom is -0.497 e. The van der Waals surface area contributed by atoms with Gasteiger partial charge >= 0.3 is 0 Å². The van der Waals surface area contributed by atoms with Crippen molar-refractivity contribution in [1.29, 1.82) is 0 Å². The fourth-order valence-corrected chi connectivity index (χ4v) is 3.27. The minimum absolute atomic E-state index is 0.00499. The average Bonchev–Trinajstić information content (AvgIpc) is 3.00. The first kappa shape index (κ1) is 46.1. The molecule has 4 N–H and O–H groups in total. The summed E-state index contributed by atoms with van der Waals surface area (Å²) < 4.78 is 92.5. The van der Waals surface area contributed by atoms with E-state index in [9.17, 15) is 30.0 Å². The molecule has 0 fully saturated rings. The number of benzene rings is 4. The van der Waals surface area contributed by atoms with Crippen LogP contribution in [0, 0.1) is 6.92 Å². The van der Waals surface area contributed by atoms with Gasteiger partial charge in [0, 0.05) is 29.4 Å².